The number of nitrogens with one attached hydrogen (secondary N) is 1. The van der Waals surface area contributed by atoms with Gasteiger partial charge >= 0.3 is 0 Å². The van der Waals surface area contributed by atoms with Crippen LogP contribution in [0.3, 0.4) is 0 Å². The van der Waals surface area contributed by atoms with Crippen LogP contribution in [0.15, 0.2) is 0 Å². The van der Waals surface area contributed by atoms with Crippen molar-refractivity contribution in [3.05, 3.63) is 0 Å². The predicted octanol–water partition coefficient (Wildman–Crippen LogP) is 2.50. The van der Waals surface area contributed by atoms with Gasteiger partial charge in [0, 0.05) is 0 Å². The summed E-state index contributed by atoms with van der Waals surface area (Å²) < 4.78 is 0. The first kappa shape index (κ1) is 11.4. The predicted molar refractivity (Wildman–Crippen MR) is 62.9 cm³/mol. The lowest BCUT2D eigenvalue weighted by atomic mass is 10.2. The Kier molecular flexibility index (Phi) is 3.65. The van der Waals surface area contributed by atoms with E-state index in [1.807, 2.05) is 0 Å². The van der Waals surface area contributed by atoms with Crippen LogP contribution in [0.25, 0.3) is 0 Å². The number of hydrogen-bond acceptors (Lipinski definition) is 3. The van der Waals surface area contributed by atoms with Crippen LogP contribution >= 0.6 is 0 Å². The molecule has 0 spiro atoms. The molecule has 0 amide bonds. The summed E-state index contributed by atoms with van der Waals surface area (Å²) in [5, 5.41) is 8.89. The van der Waals surface area contributed by atoms with Crippen LogP contribution in [-0.4, -0.2) is 28.5 Å². The van der Waals surface area contributed by atoms with Crippen molar-refractivity contribution in [3.63, 3.8) is 0 Å². The van der Waals surface area contributed by atoms with Crippen molar-refractivity contribution in [2.24, 2.45) is 0 Å². The van der Waals surface area contributed by atoms with Crippen molar-refractivity contribution < 1.29 is 0 Å². The highest BCUT2D eigenvalue weighted by Crippen LogP contribution is 2.41. The second-order valence-electron chi connectivity index (χ2n) is 4.80. The van der Waals surface area contributed by atoms with Crippen LogP contribution in [0, 0.1) is 0 Å². The quantitative estimate of drug-likeness (QED) is 0.681. The summed E-state index contributed by atoms with van der Waals surface area (Å²) in [5.74, 6) is 0. The van der Waals surface area contributed by atoms with Crippen molar-refractivity contribution in [1.82, 2.24) is 15.3 Å². The molecule has 2 heterocycles. The molecule has 3 heteroatoms. The number of fused-ring (bicyclic) bond motifs is 1. The first-order valence-electron chi connectivity index (χ1n) is 6.66. The van der Waals surface area contributed by atoms with Crippen LogP contribution < -0.4 is 5.32 Å². The van der Waals surface area contributed by atoms with E-state index in [9.17, 15) is 0 Å². The minimum absolute atomic E-state index is 0.628. The van der Waals surface area contributed by atoms with E-state index in [1.165, 1.54) is 38.5 Å². The zero-order chi connectivity index (χ0) is 10.8. The normalized spacial score (nSPS) is 43.0. The van der Waals surface area contributed by atoms with Crippen LogP contribution in [0.2, 0.25) is 0 Å². The largest absolute Gasteiger partial charge is 0.284 e. The average Bonchev–Trinajstić information content (AvgIpc) is 2.80. The van der Waals surface area contributed by atoms with Gasteiger partial charge in [-0.2, -0.15) is 0 Å². The molecule has 0 bridgehead atoms. The van der Waals surface area contributed by atoms with Crippen LogP contribution in [0.5, 0.6) is 0 Å². The van der Waals surface area contributed by atoms with E-state index < -0.39 is 0 Å². The van der Waals surface area contributed by atoms with Gasteiger partial charge in [-0.05, 0) is 19.3 Å². The molecular formula is C12H25N3. The van der Waals surface area contributed by atoms with Crippen LogP contribution in [0.4, 0.5) is 0 Å². The number of hydrazine groups is 1. The molecule has 0 aromatic rings. The number of hydrogen-bond donors (Lipinski definition) is 1. The molecule has 2 saturated heterocycles. The fraction of sp³-hybridized carbons (Fsp3) is 1.00. The highest BCUT2D eigenvalue weighted by atomic mass is 15.9. The minimum Gasteiger partial charge on any atom is -0.284 e. The van der Waals surface area contributed by atoms with Gasteiger partial charge in [0.1, 0.15) is 0 Å². The summed E-state index contributed by atoms with van der Waals surface area (Å²) in [4.78, 5) is 0. The van der Waals surface area contributed by atoms with E-state index in [1.54, 1.807) is 0 Å². The number of nitrogens with zero attached hydrogens (tertiary/aromatic N) is 2. The molecule has 0 aromatic carbocycles. The third-order valence-electron chi connectivity index (χ3n) is 3.52. The topological polar surface area (TPSA) is 18.0 Å². The molecule has 1 N–H and O–H groups in total. The monoisotopic (exact) mass is 211 g/mol. The Morgan fingerprint density at radius 1 is 0.800 bits per heavy atom. The third kappa shape index (κ3) is 2.05. The standard InChI is InChI=1S/C12H25N3/c1-4-7-10-13-11(8-5-2)15-12(9-6-3)14(10)15/h10-13H,4-9H2,1-3H3/t10-,11+,12?,14?,15?. The summed E-state index contributed by atoms with van der Waals surface area (Å²) in [7, 11) is 0. The fourth-order valence-corrected chi connectivity index (χ4v) is 2.85. The van der Waals surface area contributed by atoms with Crippen molar-refractivity contribution in [2.75, 3.05) is 0 Å². The van der Waals surface area contributed by atoms with E-state index >= 15 is 0 Å². The maximum Gasteiger partial charge on any atom is 0.0931 e. The van der Waals surface area contributed by atoms with Gasteiger partial charge in [-0.3, -0.25) is 5.32 Å². The highest BCUT2D eigenvalue weighted by molar-refractivity contribution is 4.98. The zero-order valence-corrected chi connectivity index (χ0v) is 10.4. The molecular weight excluding hydrogens is 186 g/mol. The second kappa shape index (κ2) is 4.81. The van der Waals surface area contributed by atoms with Crippen molar-refractivity contribution in [3.8, 4) is 0 Å². The van der Waals surface area contributed by atoms with E-state index in [-0.39, 0.29) is 0 Å². The maximum absolute atomic E-state index is 3.73. The molecule has 0 aromatic heterocycles. The molecule has 3 unspecified atom stereocenters. The summed E-state index contributed by atoms with van der Waals surface area (Å²) in [6, 6.07) is 0. The molecule has 2 rings (SSSR count). The van der Waals surface area contributed by atoms with Crippen LogP contribution in [0.1, 0.15) is 59.3 Å². The van der Waals surface area contributed by atoms with Gasteiger partial charge in [-0.15, -0.1) is 0 Å². The van der Waals surface area contributed by atoms with Gasteiger partial charge < -0.3 is 0 Å². The summed E-state index contributed by atoms with van der Waals surface area (Å²) in [6.07, 6.45) is 9.78. The van der Waals surface area contributed by atoms with Gasteiger partial charge in [0.15, 0.2) is 0 Å². The first-order valence-corrected chi connectivity index (χ1v) is 6.66. The smallest absolute Gasteiger partial charge is 0.0931 e. The Labute approximate surface area is 93.8 Å². The van der Waals surface area contributed by atoms with Crippen molar-refractivity contribution in [2.45, 2.75) is 77.8 Å². The Morgan fingerprint density at radius 2 is 1.27 bits per heavy atom. The molecule has 0 aliphatic carbocycles. The summed E-state index contributed by atoms with van der Waals surface area (Å²) >= 11 is 0. The summed E-state index contributed by atoms with van der Waals surface area (Å²) in [6.45, 7) is 6.84. The Morgan fingerprint density at radius 3 is 1.67 bits per heavy atom. The Bertz CT molecular complexity index is 189. The zero-order valence-electron chi connectivity index (χ0n) is 10.4. The van der Waals surface area contributed by atoms with E-state index in [4.69, 9.17) is 0 Å². The molecule has 3 nitrogen and oxygen atoms in total. The lowest BCUT2D eigenvalue weighted by Gasteiger charge is -2.18. The van der Waals surface area contributed by atoms with Gasteiger partial charge in [-0.25, -0.2) is 10.0 Å². The van der Waals surface area contributed by atoms with Crippen molar-refractivity contribution >= 4 is 0 Å². The summed E-state index contributed by atoms with van der Waals surface area (Å²) in [5.41, 5.74) is 0. The third-order valence-corrected chi connectivity index (χ3v) is 3.52. The number of rotatable bonds is 6. The van der Waals surface area contributed by atoms with E-state index in [2.05, 4.69) is 36.1 Å². The SMILES string of the molecule is CCCC1N2[C@H](CCC)N[C@H](CCC)N12. The molecule has 2 aliphatic rings. The highest BCUT2D eigenvalue weighted by Gasteiger charge is 2.57. The second-order valence-corrected chi connectivity index (χ2v) is 4.80. The first-order chi connectivity index (χ1) is 7.33. The molecule has 15 heavy (non-hydrogen) atoms. The van der Waals surface area contributed by atoms with E-state index in [0.29, 0.717) is 12.3 Å². The van der Waals surface area contributed by atoms with E-state index in [0.717, 1.165) is 6.17 Å². The van der Waals surface area contributed by atoms with Gasteiger partial charge in [-0.1, -0.05) is 40.0 Å². The molecule has 0 saturated carbocycles. The minimum atomic E-state index is 0.628. The molecule has 2 fully saturated rings. The van der Waals surface area contributed by atoms with Gasteiger partial charge in [0.25, 0.3) is 0 Å². The fourth-order valence-electron chi connectivity index (χ4n) is 2.85. The Hall–Kier alpha value is -0.120. The van der Waals surface area contributed by atoms with Gasteiger partial charge in [0.2, 0.25) is 0 Å². The maximum atomic E-state index is 3.73. The molecule has 2 aliphatic heterocycles. The molecule has 0 radical (unpaired) electrons. The van der Waals surface area contributed by atoms with Crippen molar-refractivity contribution in [1.29, 1.82) is 0 Å². The van der Waals surface area contributed by atoms with Gasteiger partial charge in [0.05, 0.1) is 18.5 Å². The lowest BCUT2D eigenvalue weighted by Crippen LogP contribution is -2.40. The molecule has 5 atom stereocenters. The molecule has 88 valence electrons. The average molecular weight is 211 g/mol. The Balaban J connectivity index is 1.90. The lowest BCUT2D eigenvalue weighted by molar-refractivity contribution is 0.293. The van der Waals surface area contributed by atoms with Crippen LogP contribution in [-0.2, 0) is 0 Å².